The van der Waals surface area contributed by atoms with Crippen molar-refractivity contribution in [2.45, 2.75) is 70.0 Å². The molecule has 0 aromatic rings. The zero-order valence-corrected chi connectivity index (χ0v) is 9.86. The Labute approximate surface area is 97.2 Å². The van der Waals surface area contributed by atoms with Crippen LogP contribution in [0.2, 0.25) is 0 Å². The lowest BCUT2D eigenvalue weighted by Gasteiger charge is -2.29. The van der Waals surface area contributed by atoms with E-state index in [0.717, 1.165) is 51.4 Å². The molecule has 0 unspecified atom stereocenters. The first-order valence-electron chi connectivity index (χ1n) is 6.66. The normalized spacial score (nSPS) is 32.3. The topological polar surface area (TPSA) is 46.5 Å². The predicted molar refractivity (Wildman–Crippen MR) is 60.9 cm³/mol. The van der Waals surface area contributed by atoms with Gasteiger partial charge in [-0.2, -0.15) is 0 Å². The number of carbonyl (C=O) groups is 1. The van der Waals surface area contributed by atoms with Crippen LogP contribution in [-0.4, -0.2) is 23.3 Å². The third-order valence-electron chi connectivity index (χ3n) is 3.87. The fraction of sp³-hybridized carbons (Fsp3) is 0.923. The van der Waals surface area contributed by atoms with Crippen LogP contribution in [0.5, 0.6) is 0 Å². The lowest BCUT2D eigenvalue weighted by Crippen LogP contribution is -2.36. The molecule has 0 heterocycles. The van der Waals surface area contributed by atoms with E-state index in [9.17, 15) is 9.90 Å². The van der Waals surface area contributed by atoms with Crippen molar-refractivity contribution in [1.29, 1.82) is 0 Å². The van der Waals surface area contributed by atoms with E-state index in [0.29, 0.717) is 0 Å². The van der Waals surface area contributed by atoms with Crippen molar-refractivity contribution in [3.05, 3.63) is 0 Å². The highest BCUT2D eigenvalue weighted by Gasteiger charge is 2.30. The van der Waals surface area contributed by atoms with Gasteiger partial charge in [-0.15, -0.1) is 0 Å². The molecule has 0 saturated heterocycles. The van der Waals surface area contributed by atoms with E-state index in [-0.39, 0.29) is 18.0 Å². The van der Waals surface area contributed by atoms with Crippen LogP contribution in [0, 0.1) is 5.92 Å². The van der Waals surface area contributed by atoms with Gasteiger partial charge >= 0.3 is 5.97 Å². The third kappa shape index (κ3) is 2.97. The molecule has 0 aromatic heterocycles. The monoisotopic (exact) mass is 226 g/mol. The van der Waals surface area contributed by atoms with Crippen LogP contribution in [0.15, 0.2) is 0 Å². The van der Waals surface area contributed by atoms with Crippen LogP contribution in [0.1, 0.15) is 57.8 Å². The second kappa shape index (κ2) is 5.67. The lowest BCUT2D eigenvalue weighted by atomic mass is 9.89. The Morgan fingerprint density at radius 2 is 1.56 bits per heavy atom. The minimum Gasteiger partial charge on any atom is -0.459 e. The summed E-state index contributed by atoms with van der Waals surface area (Å²) in [5.74, 6) is 0.0357. The summed E-state index contributed by atoms with van der Waals surface area (Å²) in [6, 6.07) is 0. The molecular formula is C13H22O3. The first kappa shape index (κ1) is 11.9. The molecule has 92 valence electrons. The van der Waals surface area contributed by atoms with E-state index < -0.39 is 6.10 Å². The SMILES string of the molecule is O=C(O[C@@H]1CCCC[C@H]1O)C1CCCCC1. The molecule has 3 nitrogen and oxygen atoms in total. The average Bonchev–Trinajstić information content (AvgIpc) is 2.33. The van der Waals surface area contributed by atoms with Gasteiger partial charge in [0.05, 0.1) is 12.0 Å². The van der Waals surface area contributed by atoms with Crippen LogP contribution in [0.25, 0.3) is 0 Å². The molecule has 2 aliphatic rings. The number of esters is 1. The number of aliphatic hydroxyl groups is 1. The summed E-state index contributed by atoms with van der Waals surface area (Å²) in [4.78, 5) is 11.9. The first-order valence-corrected chi connectivity index (χ1v) is 6.66. The van der Waals surface area contributed by atoms with Crippen molar-refractivity contribution in [3.8, 4) is 0 Å². The maximum Gasteiger partial charge on any atom is 0.309 e. The van der Waals surface area contributed by atoms with Crippen molar-refractivity contribution in [2.75, 3.05) is 0 Å². The second-order valence-corrected chi connectivity index (χ2v) is 5.16. The maximum atomic E-state index is 11.9. The summed E-state index contributed by atoms with van der Waals surface area (Å²) in [6.45, 7) is 0. The van der Waals surface area contributed by atoms with Gasteiger partial charge in [-0.1, -0.05) is 25.7 Å². The smallest absolute Gasteiger partial charge is 0.309 e. The quantitative estimate of drug-likeness (QED) is 0.735. The van der Waals surface area contributed by atoms with E-state index in [4.69, 9.17) is 4.74 Å². The molecule has 0 aromatic carbocycles. The highest BCUT2D eigenvalue weighted by Crippen LogP contribution is 2.27. The van der Waals surface area contributed by atoms with Gasteiger partial charge in [0.2, 0.25) is 0 Å². The van der Waals surface area contributed by atoms with Crippen molar-refractivity contribution in [1.82, 2.24) is 0 Å². The highest BCUT2D eigenvalue weighted by molar-refractivity contribution is 5.72. The average molecular weight is 226 g/mol. The van der Waals surface area contributed by atoms with Gasteiger partial charge in [0.15, 0.2) is 0 Å². The maximum absolute atomic E-state index is 11.9. The fourth-order valence-corrected chi connectivity index (χ4v) is 2.80. The van der Waals surface area contributed by atoms with Crippen molar-refractivity contribution in [3.63, 3.8) is 0 Å². The minimum absolute atomic E-state index is 0.0642. The predicted octanol–water partition coefficient (Wildman–Crippen LogP) is 2.41. The Bertz CT molecular complexity index is 233. The standard InChI is InChI=1S/C13H22O3/c14-11-8-4-5-9-12(11)16-13(15)10-6-2-1-3-7-10/h10-12,14H,1-9H2/t11-,12-/m1/s1. The molecule has 2 atom stereocenters. The number of rotatable bonds is 2. The van der Waals surface area contributed by atoms with Crippen LogP contribution < -0.4 is 0 Å². The van der Waals surface area contributed by atoms with Gasteiger partial charge < -0.3 is 9.84 Å². The molecular weight excluding hydrogens is 204 g/mol. The first-order chi connectivity index (χ1) is 7.77. The Morgan fingerprint density at radius 1 is 0.938 bits per heavy atom. The van der Waals surface area contributed by atoms with Crippen LogP contribution in [-0.2, 0) is 9.53 Å². The Kier molecular flexibility index (Phi) is 4.22. The van der Waals surface area contributed by atoms with Gasteiger partial charge in [0, 0.05) is 0 Å². The zero-order chi connectivity index (χ0) is 11.4. The third-order valence-corrected chi connectivity index (χ3v) is 3.87. The summed E-state index contributed by atoms with van der Waals surface area (Å²) < 4.78 is 5.45. The van der Waals surface area contributed by atoms with E-state index in [2.05, 4.69) is 0 Å². The molecule has 0 aliphatic heterocycles. The highest BCUT2D eigenvalue weighted by atomic mass is 16.6. The summed E-state index contributed by atoms with van der Waals surface area (Å²) in [5.41, 5.74) is 0. The van der Waals surface area contributed by atoms with Crippen LogP contribution in [0.3, 0.4) is 0 Å². The van der Waals surface area contributed by atoms with Crippen molar-refractivity contribution < 1.29 is 14.6 Å². The Hall–Kier alpha value is -0.570. The largest absolute Gasteiger partial charge is 0.459 e. The number of carbonyl (C=O) groups excluding carboxylic acids is 1. The molecule has 16 heavy (non-hydrogen) atoms. The van der Waals surface area contributed by atoms with Gasteiger partial charge in [-0.3, -0.25) is 4.79 Å². The fourth-order valence-electron chi connectivity index (χ4n) is 2.80. The van der Waals surface area contributed by atoms with Crippen LogP contribution >= 0.6 is 0 Å². The Balaban J connectivity index is 1.80. The molecule has 0 amide bonds. The van der Waals surface area contributed by atoms with Gasteiger partial charge in [-0.25, -0.2) is 0 Å². The number of hydrogen-bond acceptors (Lipinski definition) is 3. The molecule has 0 radical (unpaired) electrons. The summed E-state index contributed by atoms with van der Waals surface area (Å²) in [7, 11) is 0. The van der Waals surface area contributed by atoms with Gasteiger partial charge in [0.1, 0.15) is 6.10 Å². The van der Waals surface area contributed by atoms with E-state index in [1.807, 2.05) is 0 Å². The van der Waals surface area contributed by atoms with E-state index in [1.165, 1.54) is 6.42 Å². The second-order valence-electron chi connectivity index (χ2n) is 5.16. The lowest BCUT2D eigenvalue weighted by molar-refractivity contribution is -0.163. The molecule has 2 aliphatic carbocycles. The van der Waals surface area contributed by atoms with Crippen molar-refractivity contribution >= 4 is 5.97 Å². The molecule has 2 rings (SSSR count). The van der Waals surface area contributed by atoms with Gasteiger partial charge in [-0.05, 0) is 32.1 Å². The molecule has 2 fully saturated rings. The number of ether oxygens (including phenoxy) is 1. The molecule has 2 saturated carbocycles. The van der Waals surface area contributed by atoms with E-state index >= 15 is 0 Å². The van der Waals surface area contributed by atoms with Crippen LogP contribution in [0.4, 0.5) is 0 Å². The summed E-state index contributed by atoms with van der Waals surface area (Å²) >= 11 is 0. The molecule has 1 N–H and O–H groups in total. The van der Waals surface area contributed by atoms with Crippen molar-refractivity contribution in [2.24, 2.45) is 5.92 Å². The Morgan fingerprint density at radius 3 is 2.25 bits per heavy atom. The minimum atomic E-state index is -0.429. The zero-order valence-electron chi connectivity index (χ0n) is 9.86. The number of aliphatic hydroxyl groups excluding tert-OH is 1. The summed E-state index contributed by atoms with van der Waals surface area (Å²) in [6.07, 6.45) is 8.56. The molecule has 0 spiro atoms. The molecule has 0 bridgehead atoms. The van der Waals surface area contributed by atoms with E-state index in [1.54, 1.807) is 0 Å². The summed E-state index contributed by atoms with van der Waals surface area (Å²) in [5, 5.41) is 9.74. The number of hydrogen-bond donors (Lipinski definition) is 1. The molecule has 3 heteroatoms. The van der Waals surface area contributed by atoms with Gasteiger partial charge in [0.25, 0.3) is 0 Å².